The number of hydrogen-bond donors (Lipinski definition) is 1. The van der Waals surface area contributed by atoms with Gasteiger partial charge in [0.2, 0.25) is 0 Å². The van der Waals surface area contributed by atoms with Gasteiger partial charge in [0, 0.05) is 10.9 Å². The van der Waals surface area contributed by atoms with E-state index in [2.05, 4.69) is 10.3 Å². The van der Waals surface area contributed by atoms with Crippen LogP contribution in [0.25, 0.3) is 10.2 Å². The number of rotatable bonds is 4. The molecule has 3 nitrogen and oxygen atoms in total. The molecule has 1 N–H and O–H groups in total. The molecule has 1 fully saturated rings. The predicted octanol–water partition coefficient (Wildman–Crippen LogP) is 6.86. The van der Waals surface area contributed by atoms with E-state index >= 15 is 0 Å². The van der Waals surface area contributed by atoms with Crippen molar-refractivity contribution in [3.63, 3.8) is 0 Å². The first-order valence-electron chi connectivity index (χ1n) is 8.27. The molecule has 0 spiro atoms. The first-order chi connectivity index (χ1) is 11.7. The minimum absolute atomic E-state index is 0.458. The van der Waals surface area contributed by atoms with Crippen LogP contribution >= 0.6 is 34.5 Å². The number of fused-ring (bicyclic) bond motifs is 1. The highest BCUT2D eigenvalue weighted by Crippen LogP contribution is 2.46. The zero-order valence-electron chi connectivity index (χ0n) is 13.1. The van der Waals surface area contributed by atoms with Gasteiger partial charge in [-0.1, -0.05) is 42.5 Å². The van der Waals surface area contributed by atoms with Crippen LogP contribution < -0.4 is 5.32 Å². The summed E-state index contributed by atoms with van der Waals surface area (Å²) in [6.45, 7) is 0.608. The van der Waals surface area contributed by atoms with Crippen LogP contribution in [0, 0.1) is 0 Å². The van der Waals surface area contributed by atoms with Gasteiger partial charge in [0.15, 0.2) is 0 Å². The molecule has 4 rings (SSSR count). The van der Waals surface area contributed by atoms with Gasteiger partial charge in [0.1, 0.15) is 16.4 Å². The third kappa shape index (κ3) is 3.15. The van der Waals surface area contributed by atoms with E-state index in [9.17, 15) is 0 Å². The van der Waals surface area contributed by atoms with Crippen LogP contribution in [0.2, 0.25) is 10.2 Å². The van der Waals surface area contributed by atoms with Gasteiger partial charge in [-0.2, -0.15) is 0 Å². The lowest BCUT2D eigenvalue weighted by Crippen LogP contribution is -2.02. The summed E-state index contributed by atoms with van der Waals surface area (Å²) in [5.74, 6) is 1.44. The van der Waals surface area contributed by atoms with Crippen molar-refractivity contribution in [2.45, 2.75) is 44.6 Å². The molecule has 3 heterocycles. The number of anilines is 1. The summed E-state index contributed by atoms with van der Waals surface area (Å²) in [7, 11) is 0. The summed E-state index contributed by atoms with van der Waals surface area (Å²) in [4.78, 5) is 5.74. The third-order valence-electron chi connectivity index (χ3n) is 4.59. The standard InChI is InChI=1S/C18H18Cl2N2OS/c19-14-9-13(21-10-12-7-4-8-23-12)18-16(22-14)15(20)17(24-18)11-5-2-1-3-6-11/h4,7-9,11H,1-3,5-6,10H2,(H,21,22). The summed E-state index contributed by atoms with van der Waals surface area (Å²) in [6, 6.07) is 5.70. The molecule has 0 saturated heterocycles. The van der Waals surface area contributed by atoms with Gasteiger partial charge in [0.05, 0.1) is 28.2 Å². The second-order valence-corrected chi connectivity index (χ2v) is 8.04. The number of furan rings is 1. The Bertz CT molecular complexity index is 838. The monoisotopic (exact) mass is 380 g/mol. The van der Waals surface area contributed by atoms with Crippen LogP contribution in [-0.2, 0) is 6.54 Å². The molecule has 0 bridgehead atoms. The molecule has 1 aliphatic carbocycles. The Kier molecular flexibility index (Phi) is 4.70. The third-order valence-corrected chi connectivity index (χ3v) is 6.65. The molecule has 0 amide bonds. The van der Waals surface area contributed by atoms with Crippen LogP contribution in [0.15, 0.2) is 28.9 Å². The number of aromatic nitrogens is 1. The summed E-state index contributed by atoms with van der Waals surface area (Å²) >= 11 is 14.7. The molecule has 0 atom stereocenters. The van der Waals surface area contributed by atoms with E-state index < -0.39 is 0 Å². The van der Waals surface area contributed by atoms with Crippen LogP contribution in [0.1, 0.15) is 48.7 Å². The molecule has 24 heavy (non-hydrogen) atoms. The second kappa shape index (κ2) is 6.95. The van der Waals surface area contributed by atoms with Crippen molar-refractivity contribution in [3.05, 3.63) is 45.3 Å². The normalized spacial score (nSPS) is 15.9. The summed E-state index contributed by atoms with van der Waals surface area (Å²) in [5.41, 5.74) is 1.78. The average Bonchev–Trinajstić information content (AvgIpc) is 3.22. The quantitative estimate of drug-likeness (QED) is 0.502. The highest BCUT2D eigenvalue weighted by atomic mass is 35.5. The highest BCUT2D eigenvalue weighted by molar-refractivity contribution is 7.20. The van der Waals surface area contributed by atoms with Crippen molar-refractivity contribution >= 4 is 50.4 Å². The molecular weight excluding hydrogens is 363 g/mol. The maximum atomic E-state index is 6.68. The smallest absolute Gasteiger partial charge is 0.131 e. The van der Waals surface area contributed by atoms with Crippen molar-refractivity contribution in [1.29, 1.82) is 0 Å². The highest BCUT2D eigenvalue weighted by Gasteiger charge is 2.24. The van der Waals surface area contributed by atoms with Gasteiger partial charge in [0.25, 0.3) is 0 Å². The lowest BCUT2D eigenvalue weighted by molar-refractivity contribution is 0.448. The van der Waals surface area contributed by atoms with Gasteiger partial charge in [-0.05, 0) is 30.9 Å². The van der Waals surface area contributed by atoms with E-state index in [1.165, 1.54) is 37.0 Å². The minimum Gasteiger partial charge on any atom is -0.467 e. The number of nitrogens with one attached hydrogen (secondary N) is 1. The molecule has 6 heteroatoms. The SMILES string of the molecule is Clc1cc(NCc2ccco2)c2sc(C3CCCCC3)c(Cl)c2n1. The Balaban J connectivity index is 1.70. The minimum atomic E-state index is 0.458. The van der Waals surface area contributed by atoms with Crippen molar-refractivity contribution < 1.29 is 4.42 Å². The predicted molar refractivity (Wildman–Crippen MR) is 102 cm³/mol. The van der Waals surface area contributed by atoms with Gasteiger partial charge < -0.3 is 9.73 Å². The molecule has 0 aliphatic heterocycles. The van der Waals surface area contributed by atoms with E-state index in [0.717, 1.165) is 26.7 Å². The van der Waals surface area contributed by atoms with Gasteiger partial charge in [-0.25, -0.2) is 4.98 Å². The maximum absolute atomic E-state index is 6.68. The maximum Gasteiger partial charge on any atom is 0.131 e. The van der Waals surface area contributed by atoms with Crippen LogP contribution in [0.4, 0.5) is 5.69 Å². The fourth-order valence-corrected chi connectivity index (χ4v) is 5.33. The van der Waals surface area contributed by atoms with Crippen molar-refractivity contribution in [2.75, 3.05) is 5.32 Å². The summed E-state index contributed by atoms with van der Waals surface area (Å²) in [6.07, 6.45) is 8.01. The first-order valence-corrected chi connectivity index (χ1v) is 9.84. The molecule has 0 aromatic carbocycles. The number of pyridine rings is 1. The van der Waals surface area contributed by atoms with E-state index in [-0.39, 0.29) is 0 Å². The molecular formula is C18H18Cl2N2OS. The lowest BCUT2D eigenvalue weighted by Gasteiger charge is -2.20. The van der Waals surface area contributed by atoms with E-state index in [4.69, 9.17) is 27.6 Å². The van der Waals surface area contributed by atoms with Crippen LogP contribution in [0.3, 0.4) is 0 Å². The van der Waals surface area contributed by atoms with Crippen molar-refractivity contribution in [3.8, 4) is 0 Å². The Morgan fingerprint density at radius 1 is 1.25 bits per heavy atom. The van der Waals surface area contributed by atoms with E-state index in [1.807, 2.05) is 18.2 Å². The number of thiophene rings is 1. The summed E-state index contributed by atoms with van der Waals surface area (Å²) in [5, 5.41) is 4.65. The van der Waals surface area contributed by atoms with Gasteiger partial charge in [-0.15, -0.1) is 11.3 Å². The molecule has 0 unspecified atom stereocenters. The van der Waals surface area contributed by atoms with Crippen molar-refractivity contribution in [2.24, 2.45) is 0 Å². The zero-order chi connectivity index (χ0) is 16.5. The fraction of sp³-hybridized carbons (Fsp3) is 0.389. The molecule has 1 saturated carbocycles. The zero-order valence-corrected chi connectivity index (χ0v) is 15.5. The van der Waals surface area contributed by atoms with Gasteiger partial charge >= 0.3 is 0 Å². The Morgan fingerprint density at radius 2 is 2.08 bits per heavy atom. The number of hydrogen-bond acceptors (Lipinski definition) is 4. The lowest BCUT2D eigenvalue weighted by atomic mass is 9.88. The van der Waals surface area contributed by atoms with Gasteiger partial charge in [-0.3, -0.25) is 0 Å². The Labute approximate surface area is 155 Å². The van der Waals surface area contributed by atoms with Crippen LogP contribution in [0.5, 0.6) is 0 Å². The molecule has 0 radical (unpaired) electrons. The molecule has 3 aromatic rings. The Hall–Kier alpha value is -1.23. The van der Waals surface area contributed by atoms with E-state index in [1.54, 1.807) is 17.6 Å². The average molecular weight is 381 g/mol. The van der Waals surface area contributed by atoms with Crippen molar-refractivity contribution in [1.82, 2.24) is 4.98 Å². The summed E-state index contributed by atoms with van der Waals surface area (Å²) < 4.78 is 6.47. The molecule has 126 valence electrons. The molecule has 3 aromatic heterocycles. The second-order valence-electron chi connectivity index (χ2n) is 6.22. The number of halogens is 2. The molecule has 1 aliphatic rings. The number of nitrogens with zero attached hydrogens (tertiary/aromatic N) is 1. The van der Waals surface area contributed by atoms with E-state index in [0.29, 0.717) is 17.6 Å². The first kappa shape index (κ1) is 16.2. The topological polar surface area (TPSA) is 38.1 Å². The van der Waals surface area contributed by atoms with Crippen LogP contribution in [-0.4, -0.2) is 4.98 Å². The fourth-order valence-electron chi connectivity index (χ4n) is 3.38. The Morgan fingerprint density at radius 3 is 2.83 bits per heavy atom. The largest absolute Gasteiger partial charge is 0.467 e.